The van der Waals surface area contributed by atoms with Crippen molar-refractivity contribution >= 4 is 11.6 Å². The number of aromatic nitrogens is 3. The molecule has 0 radical (unpaired) electrons. The van der Waals surface area contributed by atoms with E-state index in [4.69, 9.17) is 4.74 Å². The van der Waals surface area contributed by atoms with Gasteiger partial charge in [-0.3, -0.25) is 9.69 Å². The summed E-state index contributed by atoms with van der Waals surface area (Å²) >= 11 is 0. The van der Waals surface area contributed by atoms with E-state index in [1.807, 2.05) is 19.1 Å². The third-order valence-electron chi connectivity index (χ3n) is 5.37. The van der Waals surface area contributed by atoms with Crippen LogP contribution in [0.25, 0.3) is 5.69 Å². The van der Waals surface area contributed by atoms with Gasteiger partial charge in [0.05, 0.1) is 18.0 Å². The van der Waals surface area contributed by atoms with Gasteiger partial charge in [0, 0.05) is 32.4 Å². The largest absolute Gasteiger partial charge is 0.383 e. The monoisotopic (exact) mass is 409 g/mol. The van der Waals surface area contributed by atoms with Crippen LogP contribution in [0.2, 0.25) is 0 Å². The molecule has 2 aromatic carbocycles. The molecule has 1 amide bonds. The molecule has 7 nitrogen and oxygen atoms in total. The van der Waals surface area contributed by atoms with Crippen LogP contribution in [0.15, 0.2) is 42.5 Å². The number of rotatable bonds is 6. The topological polar surface area (TPSA) is 72.3 Å². The Labute approximate surface area is 174 Å². The molecule has 0 fully saturated rings. The Morgan fingerprint density at radius 2 is 2.03 bits per heavy atom. The Bertz CT molecular complexity index is 1050. The average Bonchev–Trinajstić information content (AvgIpc) is 3.14. The first-order valence-corrected chi connectivity index (χ1v) is 9.88. The molecule has 0 bridgehead atoms. The minimum absolute atomic E-state index is 0.245. The molecule has 0 unspecified atom stereocenters. The first kappa shape index (κ1) is 20.2. The van der Waals surface area contributed by atoms with Crippen molar-refractivity contribution in [2.75, 3.05) is 32.1 Å². The smallest absolute Gasteiger partial charge is 0.278 e. The summed E-state index contributed by atoms with van der Waals surface area (Å²) in [5.74, 6) is -0.731. The molecule has 1 N–H and O–H groups in total. The predicted octanol–water partition coefficient (Wildman–Crippen LogP) is 2.97. The molecule has 0 saturated heterocycles. The second-order valence-corrected chi connectivity index (χ2v) is 7.33. The second-order valence-electron chi connectivity index (χ2n) is 7.33. The zero-order valence-corrected chi connectivity index (χ0v) is 17.1. The van der Waals surface area contributed by atoms with Crippen molar-refractivity contribution in [3.05, 3.63) is 70.8 Å². The van der Waals surface area contributed by atoms with Crippen LogP contribution < -0.4 is 5.32 Å². The summed E-state index contributed by atoms with van der Waals surface area (Å²) in [6, 6.07) is 11.8. The molecule has 4 rings (SSSR count). The summed E-state index contributed by atoms with van der Waals surface area (Å²) in [5, 5.41) is 11.1. The summed E-state index contributed by atoms with van der Waals surface area (Å²) in [4.78, 5) is 15.0. The highest BCUT2D eigenvalue weighted by atomic mass is 19.1. The molecule has 1 aromatic heterocycles. The first-order valence-electron chi connectivity index (χ1n) is 9.88. The number of amides is 1. The van der Waals surface area contributed by atoms with Crippen LogP contribution >= 0.6 is 0 Å². The molecule has 0 saturated carbocycles. The van der Waals surface area contributed by atoms with Crippen molar-refractivity contribution in [3.63, 3.8) is 0 Å². The van der Waals surface area contributed by atoms with Crippen LogP contribution in [0, 0.1) is 12.7 Å². The van der Waals surface area contributed by atoms with Crippen molar-refractivity contribution in [3.8, 4) is 5.69 Å². The highest BCUT2D eigenvalue weighted by Crippen LogP contribution is 2.26. The lowest BCUT2D eigenvalue weighted by atomic mass is 9.97. The van der Waals surface area contributed by atoms with Gasteiger partial charge in [-0.2, -0.15) is 0 Å². The van der Waals surface area contributed by atoms with E-state index >= 15 is 0 Å². The fourth-order valence-corrected chi connectivity index (χ4v) is 3.75. The Balaban J connectivity index is 1.57. The maximum atomic E-state index is 13.1. The van der Waals surface area contributed by atoms with E-state index in [1.165, 1.54) is 35.4 Å². The molecular formula is C22H24FN5O2. The standard InChI is InChI=1S/C22H24FN5O2/c1-15-21(22(29)24-18-8-6-17(23)7-9-18)25-26-28(15)20-5-3-4-16-14-27(12-13-30-2)11-10-19(16)20/h3-9H,10-14H2,1-2H3,(H,24,29). The number of carbonyl (C=O) groups is 1. The average molecular weight is 409 g/mol. The van der Waals surface area contributed by atoms with Crippen LogP contribution in [-0.4, -0.2) is 52.6 Å². The Morgan fingerprint density at radius 3 is 2.80 bits per heavy atom. The van der Waals surface area contributed by atoms with Gasteiger partial charge < -0.3 is 10.1 Å². The first-order chi connectivity index (χ1) is 14.6. The third-order valence-corrected chi connectivity index (χ3v) is 5.37. The van der Waals surface area contributed by atoms with Crippen molar-refractivity contribution in [1.29, 1.82) is 0 Å². The molecule has 1 aliphatic heterocycles. The van der Waals surface area contributed by atoms with Crippen molar-refractivity contribution in [2.45, 2.75) is 19.9 Å². The lowest BCUT2D eigenvalue weighted by Gasteiger charge is -2.29. The molecule has 0 aliphatic carbocycles. The van der Waals surface area contributed by atoms with Gasteiger partial charge in [-0.15, -0.1) is 5.10 Å². The molecular weight excluding hydrogens is 385 g/mol. The minimum atomic E-state index is -0.374. The molecule has 0 spiro atoms. The number of fused-ring (bicyclic) bond motifs is 1. The van der Waals surface area contributed by atoms with Gasteiger partial charge in [0.2, 0.25) is 0 Å². The predicted molar refractivity (Wildman–Crippen MR) is 111 cm³/mol. The van der Waals surface area contributed by atoms with E-state index in [1.54, 1.807) is 11.8 Å². The van der Waals surface area contributed by atoms with Crippen LogP contribution in [0.5, 0.6) is 0 Å². The van der Waals surface area contributed by atoms with E-state index < -0.39 is 0 Å². The lowest BCUT2D eigenvalue weighted by Crippen LogP contribution is -2.33. The van der Waals surface area contributed by atoms with E-state index in [0.29, 0.717) is 18.0 Å². The highest BCUT2D eigenvalue weighted by Gasteiger charge is 2.23. The quantitative estimate of drug-likeness (QED) is 0.678. The van der Waals surface area contributed by atoms with Gasteiger partial charge in [0.15, 0.2) is 5.69 Å². The maximum Gasteiger partial charge on any atom is 0.278 e. The van der Waals surface area contributed by atoms with Crippen LogP contribution in [0.4, 0.5) is 10.1 Å². The number of nitrogens with zero attached hydrogens (tertiary/aromatic N) is 4. The van der Waals surface area contributed by atoms with Gasteiger partial charge >= 0.3 is 0 Å². The molecule has 3 aromatic rings. The molecule has 1 aliphatic rings. The Kier molecular flexibility index (Phi) is 5.87. The third kappa shape index (κ3) is 4.10. The number of hydrogen-bond donors (Lipinski definition) is 1. The van der Waals surface area contributed by atoms with Gasteiger partial charge in [0.25, 0.3) is 5.91 Å². The molecule has 30 heavy (non-hydrogen) atoms. The van der Waals surface area contributed by atoms with Gasteiger partial charge in [-0.1, -0.05) is 17.3 Å². The zero-order valence-electron chi connectivity index (χ0n) is 17.1. The fourth-order valence-electron chi connectivity index (χ4n) is 3.75. The molecule has 156 valence electrons. The number of ether oxygens (including phenoxy) is 1. The number of benzene rings is 2. The lowest BCUT2D eigenvalue weighted by molar-refractivity contribution is 0.102. The highest BCUT2D eigenvalue weighted by molar-refractivity contribution is 6.03. The summed E-state index contributed by atoms with van der Waals surface area (Å²) in [6.07, 6.45) is 0.894. The van der Waals surface area contributed by atoms with E-state index in [-0.39, 0.29) is 17.4 Å². The fraction of sp³-hybridized carbons (Fsp3) is 0.318. The van der Waals surface area contributed by atoms with Crippen molar-refractivity contribution in [1.82, 2.24) is 19.9 Å². The van der Waals surface area contributed by atoms with E-state index in [2.05, 4.69) is 26.6 Å². The molecule has 8 heteroatoms. The number of halogens is 1. The minimum Gasteiger partial charge on any atom is -0.383 e. The zero-order chi connectivity index (χ0) is 21.1. The molecule has 2 heterocycles. The normalized spacial score (nSPS) is 13.8. The Morgan fingerprint density at radius 1 is 1.23 bits per heavy atom. The van der Waals surface area contributed by atoms with Crippen LogP contribution in [0.1, 0.15) is 27.3 Å². The number of anilines is 1. The van der Waals surface area contributed by atoms with Crippen LogP contribution in [0.3, 0.4) is 0 Å². The summed E-state index contributed by atoms with van der Waals surface area (Å²) in [6.45, 7) is 5.24. The second kappa shape index (κ2) is 8.73. The number of methoxy groups -OCH3 is 1. The summed E-state index contributed by atoms with van der Waals surface area (Å²) in [5.41, 5.74) is 4.83. The number of nitrogens with one attached hydrogen (secondary N) is 1. The van der Waals surface area contributed by atoms with E-state index in [0.717, 1.165) is 31.7 Å². The van der Waals surface area contributed by atoms with Gasteiger partial charge in [-0.25, -0.2) is 9.07 Å². The Hall–Kier alpha value is -3.10. The summed E-state index contributed by atoms with van der Waals surface area (Å²) < 4.78 is 20.0. The van der Waals surface area contributed by atoms with Crippen molar-refractivity contribution < 1.29 is 13.9 Å². The van der Waals surface area contributed by atoms with E-state index in [9.17, 15) is 9.18 Å². The number of carbonyl (C=O) groups excluding carboxylic acids is 1. The number of hydrogen-bond acceptors (Lipinski definition) is 5. The van der Waals surface area contributed by atoms with Crippen molar-refractivity contribution in [2.24, 2.45) is 0 Å². The van der Waals surface area contributed by atoms with Crippen LogP contribution in [-0.2, 0) is 17.7 Å². The summed E-state index contributed by atoms with van der Waals surface area (Å²) in [7, 11) is 1.72. The van der Waals surface area contributed by atoms with Gasteiger partial charge in [-0.05, 0) is 54.8 Å². The molecule has 0 atom stereocenters. The van der Waals surface area contributed by atoms with Gasteiger partial charge in [0.1, 0.15) is 5.82 Å². The SMILES string of the molecule is COCCN1CCc2c(cccc2-n2nnc(C(=O)Nc3ccc(F)cc3)c2C)C1. The maximum absolute atomic E-state index is 13.1.